The van der Waals surface area contributed by atoms with Crippen LogP contribution >= 0.6 is 0 Å². The van der Waals surface area contributed by atoms with Gasteiger partial charge >= 0.3 is 0 Å². The molecule has 0 fully saturated rings. The van der Waals surface area contributed by atoms with Gasteiger partial charge in [-0.05, 0) is 6.08 Å². The fraction of sp³-hybridized carbons (Fsp3) is 0. The van der Waals surface area contributed by atoms with Gasteiger partial charge in [0, 0.05) is 6.20 Å². The summed E-state index contributed by atoms with van der Waals surface area (Å²) < 4.78 is 1.80. The fourth-order valence-corrected chi connectivity index (χ4v) is 0.626. The van der Waals surface area contributed by atoms with E-state index < -0.39 is 0 Å². The highest BCUT2D eigenvalue weighted by atomic mass is 15.0. The van der Waals surface area contributed by atoms with Crippen LogP contribution in [0.2, 0.25) is 0 Å². The zero-order valence-corrected chi connectivity index (χ0v) is 5.12. The van der Waals surface area contributed by atoms with E-state index in [0.29, 0.717) is 0 Å². The molecule has 0 aromatic carbocycles. The first-order valence-corrected chi connectivity index (χ1v) is 2.65. The third-order valence-corrected chi connectivity index (χ3v) is 1.10. The van der Waals surface area contributed by atoms with E-state index in [4.69, 9.17) is 0 Å². The van der Waals surface area contributed by atoms with E-state index in [2.05, 4.69) is 18.1 Å². The summed E-state index contributed by atoms with van der Waals surface area (Å²) in [5.41, 5.74) is 0.963. The van der Waals surface area contributed by atoms with Crippen LogP contribution in [0.1, 0.15) is 5.69 Å². The first kappa shape index (κ1) is 5.82. The molecule has 0 aliphatic rings. The van der Waals surface area contributed by atoms with Crippen molar-refractivity contribution in [2.75, 3.05) is 0 Å². The van der Waals surface area contributed by atoms with Gasteiger partial charge in [0.2, 0.25) is 0 Å². The van der Waals surface area contributed by atoms with Crippen molar-refractivity contribution in [2.24, 2.45) is 0 Å². The van der Waals surface area contributed by atoms with Crippen LogP contribution in [0.4, 0.5) is 0 Å². The summed E-state index contributed by atoms with van der Waals surface area (Å²) in [5.74, 6) is 0. The lowest BCUT2D eigenvalue weighted by molar-refractivity contribution is 1.13. The third-order valence-electron chi connectivity index (χ3n) is 1.10. The molecule has 0 aliphatic carbocycles. The van der Waals surface area contributed by atoms with Crippen molar-refractivity contribution >= 4 is 12.3 Å². The molecule has 0 aliphatic heterocycles. The van der Waals surface area contributed by atoms with Crippen LogP contribution in [0.15, 0.2) is 25.7 Å². The normalized spacial score (nSPS) is 8.89. The molecule has 1 aromatic rings. The minimum atomic E-state index is 0.963. The number of hydrogen-bond acceptors (Lipinski definition) is 1. The van der Waals surface area contributed by atoms with E-state index in [1.165, 1.54) is 0 Å². The van der Waals surface area contributed by atoms with Crippen molar-refractivity contribution in [3.05, 3.63) is 31.4 Å². The Kier molecular flexibility index (Phi) is 1.49. The highest BCUT2D eigenvalue weighted by molar-refractivity contribution is 5.44. The molecule has 0 saturated carbocycles. The topological polar surface area (TPSA) is 17.8 Å². The summed E-state index contributed by atoms with van der Waals surface area (Å²) in [6.07, 6.45) is 6.83. The molecule has 46 valence electrons. The third kappa shape index (κ3) is 0.914. The Balaban J connectivity index is 3.12. The molecule has 1 rings (SSSR count). The summed E-state index contributed by atoms with van der Waals surface area (Å²) in [4.78, 5) is 3.88. The molecule has 0 unspecified atom stereocenters. The Hall–Kier alpha value is -1.31. The summed E-state index contributed by atoms with van der Waals surface area (Å²) in [6.45, 7) is 7.19. The van der Waals surface area contributed by atoms with Crippen molar-refractivity contribution in [1.82, 2.24) is 9.55 Å². The summed E-state index contributed by atoms with van der Waals surface area (Å²) in [5, 5.41) is 0. The molecule has 0 saturated heterocycles. The van der Waals surface area contributed by atoms with E-state index in [9.17, 15) is 0 Å². The maximum Gasteiger partial charge on any atom is 0.0991 e. The molecule has 1 heterocycles. The lowest BCUT2D eigenvalue weighted by Crippen LogP contribution is -1.83. The quantitative estimate of drug-likeness (QED) is 0.580. The zero-order valence-electron chi connectivity index (χ0n) is 5.12. The summed E-state index contributed by atoms with van der Waals surface area (Å²) >= 11 is 0. The van der Waals surface area contributed by atoms with Crippen LogP contribution in [-0.2, 0) is 0 Å². The number of rotatable bonds is 2. The van der Waals surface area contributed by atoms with Crippen LogP contribution in [0, 0.1) is 0 Å². The van der Waals surface area contributed by atoms with Gasteiger partial charge in [0.1, 0.15) is 0 Å². The molecule has 0 bridgehead atoms. The second kappa shape index (κ2) is 2.31. The van der Waals surface area contributed by atoms with E-state index in [1.54, 1.807) is 29.4 Å². The molecule has 0 atom stereocenters. The minimum Gasteiger partial charge on any atom is -0.307 e. The van der Waals surface area contributed by atoms with Crippen molar-refractivity contribution < 1.29 is 0 Å². The van der Waals surface area contributed by atoms with Crippen molar-refractivity contribution in [3.8, 4) is 0 Å². The SMILES string of the molecule is C=Cc1cncn1C=C. The van der Waals surface area contributed by atoms with Crippen LogP contribution < -0.4 is 0 Å². The molecule has 0 radical (unpaired) electrons. The first-order valence-electron chi connectivity index (χ1n) is 2.65. The highest BCUT2D eigenvalue weighted by Gasteiger charge is 1.89. The Labute approximate surface area is 54.2 Å². The van der Waals surface area contributed by atoms with E-state index in [1.807, 2.05) is 0 Å². The Morgan fingerprint density at radius 3 is 2.78 bits per heavy atom. The van der Waals surface area contributed by atoms with Gasteiger partial charge in [-0.2, -0.15) is 0 Å². The lowest BCUT2D eigenvalue weighted by atomic mass is 10.5. The Bertz CT molecular complexity index is 200. The maximum absolute atomic E-state index is 3.88. The number of nitrogens with zero attached hydrogens (tertiary/aromatic N) is 2. The van der Waals surface area contributed by atoms with Crippen LogP contribution in [0.3, 0.4) is 0 Å². The van der Waals surface area contributed by atoms with Gasteiger partial charge in [-0.25, -0.2) is 4.98 Å². The smallest absolute Gasteiger partial charge is 0.0991 e. The first-order chi connectivity index (χ1) is 4.38. The fourth-order valence-electron chi connectivity index (χ4n) is 0.626. The average Bonchev–Trinajstić information content (AvgIpc) is 2.33. The molecule has 2 nitrogen and oxygen atoms in total. The lowest BCUT2D eigenvalue weighted by Gasteiger charge is -1.91. The van der Waals surface area contributed by atoms with E-state index in [0.717, 1.165) is 5.69 Å². The predicted octanol–water partition coefficient (Wildman–Crippen LogP) is 1.63. The molecule has 0 spiro atoms. The number of aromatic nitrogens is 2. The van der Waals surface area contributed by atoms with Crippen molar-refractivity contribution in [3.63, 3.8) is 0 Å². The van der Waals surface area contributed by atoms with Gasteiger partial charge in [0.05, 0.1) is 18.2 Å². The Morgan fingerprint density at radius 1 is 1.56 bits per heavy atom. The monoisotopic (exact) mass is 120 g/mol. The van der Waals surface area contributed by atoms with Gasteiger partial charge in [0.25, 0.3) is 0 Å². The highest BCUT2D eigenvalue weighted by Crippen LogP contribution is 1.99. The summed E-state index contributed by atoms with van der Waals surface area (Å²) in [7, 11) is 0. The van der Waals surface area contributed by atoms with Crippen LogP contribution in [0.5, 0.6) is 0 Å². The number of imidazole rings is 1. The van der Waals surface area contributed by atoms with Crippen molar-refractivity contribution in [2.45, 2.75) is 0 Å². The van der Waals surface area contributed by atoms with E-state index in [-0.39, 0.29) is 0 Å². The minimum absolute atomic E-state index is 0.963. The van der Waals surface area contributed by atoms with Gasteiger partial charge in [-0.15, -0.1) is 0 Å². The maximum atomic E-state index is 3.88. The molecule has 1 aromatic heterocycles. The molecule has 0 N–H and O–H groups in total. The predicted molar refractivity (Wildman–Crippen MR) is 38.7 cm³/mol. The molecular formula is C7H8N2. The second-order valence-corrected chi connectivity index (χ2v) is 1.61. The number of hydrogen-bond donors (Lipinski definition) is 0. The molecule has 0 amide bonds. The Morgan fingerprint density at radius 2 is 2.33 bits per heavy atom. The van der Waals surface area contributed by atoms with Gasteiger partial charge in [0.15, 0.2) is 0 Å². The van der Waals surface area contributed by atoms with Crippen LogP contribution in [0.25, 0.3) is 12.3 Å². The van der Waals surface area contributed by atoms with Crippen LogP contribution in [-0.4, -0.2) is 9.55 Å². The molecule has 9 heavy (non-hydrogen) atoms. The largest absolute Gasteiger partial charge is 0.307 e. The second-order valence-electron chi connectivity index (χ2n) is 1.61. The van der Waals surface area contributed by atoms with E-state index >= 15 is 0 Å². The summed E-state index contributed by atoms with van der Waals surface area (Å²) in [6, 6.07) is 0. The van der Waals surface area contributed by atoms with Crippen molar-refractivity contribution in [1.29, 1.82) is 0 Å². The van der Waals surface area contributed by atoms with Gasteiger partial charge in [-0.1, -0.05) is 13.2 Å². The average molecular weight is 120 g/mol. The molecular weight excluding hydrogens is 112 g/mol. The zero-order chi connectivity index (χ0) is 6.69. The standard InChI is InChI=1S/C7H8N2/c1-3-7-5-8-6-9(7)4-2/h3-6H,1-2H2. The molecule has 2 heteroatoms. The van der Waals surface area contributed by atoms with Gasteiger partial charge < -0.3 is 4.57 Å². The van der Waals surface area contributed by atoms with Gasteiger partial charge in [-0.3, -0.25) is 0 Å².